The van der Waals surface area contributed by atoms with Crippen LogP contribution >= 0.6 is 0 Å². The first-order valence-electron chi connectivity index (χ1n) is 16.6. The molecule has 0 aliphatic heterocycles. The first kappa shape index (κ1) is 25.8. The Bertz CT molecular complexity index is 3120. The van der Waals surface area contributed by atoms with Gasteiger partial charge in [-0.3, -0.25) is 0 Å². The van der Waals surface area contributed by atoms with Gasteiger partial charge >= 0.3 is 0 Å². The van der Waals surface area contributed by atoms with Gasteiger partial charge in [-0.2, -0.15) is 0 Å². The van der Waals surface area contributed by atoms with Crippen LogP contribution in [-0.4, -0.2) is 9.13 Å². The lowest BCUT2D eigenvalue weighted by Crippen LogP contribution is -1.96. The topological polar surface area (TPSA) is 9.86 Å². The van der Waals surface area contributed by atoms with Crippen LogP contribution in [0.25, 0.3) is 98.1 Å². The number of aromatic nitrogens is 2. The Hall–Kier alpha value is -6.38. The molecule has 9 aromatic carbocycles. The van der Waals surface area contributed by atoms with Gasteiger partial charge in [0.05, 0.1) is 22.1 Å². The van der Waals surface area contributed by atoms with Crippen LogP contribution in [0, 0.1) is 0 Å². The quantitative estimate of drug-likeness (QED) is 0.173. The number of rotatable bonds is 2. The molecular formula is C46H28N2. The van der Waals surface area contributed by atoms with E-state index in [1.54, 1.807) is 0 Å². The fourth-order valence-electron chi connectivity index (χ4n) is 8.32. The molecule has 2 aromatic heterocycles. The first-order chi connectivity index (χ1) is 23.8. The number of nitrogens with zero attached hydrogens (tertiary/aromatic N) is 2. The molecule has 11 rings (SSSR count). The molecule has 48 heavy (non-hydrogen) atoms. The van der Waals surface area contributed by atoms with Crippen LogP contribution in [-0.2, 0) is 0 Å². The highest BCUT2D eigenvalue weighted by atomic mass is 15.0. The van der Waals surface area contributed by atoms with Gasteiger partial charge in [0.15, 0.2) is 0 Å². The Morgan fingerprint density at radius 3 is 1.60 bits per heavy atom. The van der Waals surface area contributed by atoms with E-state index < -0.39 is 0 Å². The van der Waals surface area contributed by atoms with Crippen LogP contribution in [0.4, 0.5) is 0 Å². The predicted molar refractivity (Wildman–Crippen MR) is 205 cm³/mol. The van der Waals surface area contributed by atoms with Crippen molar-refractivity contribution < 1.29 is 0 Å². The van der Waals surface area contributed by atoms with Crippen molar-refractivity contribution in [1.29, 1.82) is 0 Å². The third-order valence-electron chi connectivity index (χ3n) is 10.4. The van der Waals surface area contributed by atoms with Gasteiger partial charge in [0, 0.05) is 38.3 Å². The molecule has 0 radical (unpaired) electrons. The van der Waals surface area contributed by atoms with E-state index in [9.17, 15) is 0 Å². The van der Waals surface area contributed by atoms with E-state index in [1.165, 1.54) is 98.1 Å². The highest BCUT2D eigenvalue weighted by Crippen LogP contribution is 2.44. The van der Waals surface area contributed by atoms with E-state index in [0.29, 0.717) is 0 Å². The molecule has 0 amide bonds. The summed E-state index contributed by atoms with van der Waals surface area (Å²) >= 11 is 0. The smallest absolute Gasteiger partial charge is 0.0625 e. The normalized spacial score (nSPS) is 12.2. The molecule has 0 aliphatic carbocycles. The summed E-state index contributed by atoms with van der Waals surface area (Å²) in [5, 5.41) is 15.2. The molecule has 2 nitrogen and oxygen atoms in total. The molecule has 0 atom stereocenters. The third kappa shape index (κ3) is 3.46. The molecule has 0 aliphatic rings. The molecule has 0 saturated heterocycles. The minimum atomic E-state index is 1.17. The average molecular weight is 609 g/mol. The molecular weight excluding hydrogens is 581 g/mol. The molecule has 222 valence electrons. The molecule has 0 spiro atoms. The second-order valence-electron chi connectivity index (χ2n) is 13.0. The standard InChI is InChI=1S/C46H28N2/c1-2-12-30-25-33(22-21-29(30)11-1)47-42-20-10-9-17-37(42)40-28-34(23-24-43(40)47)48-44-27-32-14-4-3-13-31(32)26-41(44)45-38-18-7-5-15-35(38)36-16-6-8-19-39(36)46(45)48/h1-28H. The SMILES string of the molecule is c1ccc2cc(-n3c4ccccc4c4cc(-n5c6cc7ccccc7cc6c6c7ccccc7c7ccccc7c65)ccc43)ccc2c1. The van der Waals surface area contributed by atoms with Crippen molar-refractivity contribution in [3.63, 3.8) is 0 Å². The summed E-state index contributed by atoms with van der Waals surface area (Å²) in [6.45, 7) is 0. The Morgan fingerprint density at radius 2 is 0.812 bits per heavy atom. The van der Waals surface area contributed by atoms with E-state index in [1.807, 2.05) is 0 Å². The highest BCUT2D eigenvalue weighted by Gasteiger charge is 2.21. The summed E-state index contributed by atoms with van der Waals surface area (Å²) in [4.78, 5) is 0. The largest absolute Gasteiger partial charge is 0.309 e. The Balaban J connectivity index is 1.29. The lowest BCUT2D eigenvalue weighted by atomic mass is 9.96. The van der Waals surface area contributed by atoms with Gasteiger partial charge in [0.2, 0.25) is 0 Å². The van der Waals surface area contributed by atoms with Crippen LogP contribution in [0.15, 0.2) is 170 Å². The zero-order valence-corrected chi connectivity index (χ0v) is 26.1. The second kappa shape index (κ2) is 9.57. The third-order valence-corrected chi connectivity index (χ3v) is 10.4. The lowest BCUT2D eigenvalue weighted by Gasteiger charge is -2.13. The van der Waals surface area contributed by atoms with E-state index in [4.69, 9.17) is 0 Å². The maximum absolute atomic E-state index is 2.52. The van der Waals surface area contributed by atoms with Gasteiger partial charge in [-0.1, -0.05) is 121 Å². The van der Waals surface area contributed by atoms with Crippen molar-refractivity contribution in [1.82, 2.24) is 9.13 Å². The first-order valence-corrected chi connectivity index (χ1v) is 16.6. The molecule has 0 unspecified atom stereocenters. The van der Waals surface area contributed by atoms with Crippen LogP contribution in [0.2, 0.25) is 0 Å². The Kier molecular flexibility index (Phi) is 5.14. The predicted octanol–water partition coefficient (Wildman–Crippen LogP) is 12.5. The van der Waals surface area contributed by atoms with Gasteiger partial charge in [0.1, 0.15) is 0 Å². The van der Waals surface area contributed by atoms with Gasteiger partial charge in [-0.05, 0) is 86.2 Å². The number of benzene rings is 9. The number of fused-ring (bicyclic) bond motifs is 13. The lowest BCUT2D eigenvalue weighted by molar-refractivity contribution is 1.17. The Morgan fingerprint density at radius 1 is 0.271 bits per heavy atom. The van der Waals surface area contributed by atoms with Gasteiger partial charge in [0.25, 0.3) is 0 Å². The summed E-state index contributed by atoms with van der Waals surface area (Å²) in [6.07, 6.45) is 0. The van der Waals surface area contributed by atoms with Gasteiger partial charge < -0.3 is 9.13 Å². The van der Waals surface area contributed by atoms with Crippen molar-refractivity contribution in [3.05, 3.63) is 170 Å². The number of para-hydroxylation sites is 1. The van der Waals surface area contributed by atoms with E-state index in [-0.39, 0.29) is 0 Å². The summed E-state index contributed by atoms with van der Waals surface area (Å²) < 4.78 is 4.94. The maximum Gasteiger partial charge on any atom is 0.0625 e. The number of hydrogen-bond donors (Lipinski definition) is 0. The highest BCUT2D eigenvalue weighted by molar-refractivity contribution is 6.33. The van der Waals surface area contributed by atoms with Gasteiger partial charge in [-0.25, -0.2) is 0 Å². The van der Waals surface area contributed by atoms with E-state index in [0.717, 1.165) is 0 Å². The van der Waals surface area contributed by atoms with Crippen molar-refractivity contribution in [3.8, 4) is 11.4 Å². The monoisotopic (exact) mass is 608 g/mol. The average Bonchev–Trinajstić information content (AvgIpc) is 3.66. The molecule has 2 heterocycles. The van der Waals surface area contributed by atoms with Crippen molar-refractivity contribution >= 4 is 86.7 Å². The number of hydrogen-bond acceptors (Lipinski definition) is 0. The molecule has 0 saturated carbocycles. The Labute approximate surface area is 276 Å². The minimum absolute atomic E-state index is 1.17. The summed E-state index contributed by atoms with van der Waals surface area (Å²) in [6, 6.07) is 62.6. The minimum Gasteiger partial charge on any atom is -0.309 e. The molecule has 2 heteroatoms. The summed E-state index contributed by atoms with van der Waals surface area (Å²) in [5.74, 6) is 0. The summed E-state index contributed by atoms with van der Waals surface area (Å²) in [5.41, 5.74) is 7.24. The van der Waals surface area contributed by atoms with E-state index in [2.05, 4.69) is 179 Å². The van der Waals surface area contributed by atoms with E-state index >= 15 is 0 Å². The fourth-order valence-corrected chi connectivity index (χ4v) is 8.32. The van der Waals surface area contributed by atoms with Crippen molar-refractivity contribution in [2.24, 2.45) is 0 Å². The van der Waals surface area contributed by atoms with Crippen LogP contribution in [0.5, 0.6) is 0 Å². The molecule has 0 fully saturated rings. The molecule has 0 N–H and O–H groups in total. The van der Waals surface area contributed by atoms with Crippen molar-refractivity contribution in [2.75, 3.05) is 0 Å². The zero-order chi connectivity index (χ0) is 31.3. The van der Waals surface area contributed by atoms with Crippen molar-refractivity contribution in [2.45, 2.75) is 0 Å². The van der Waals surface area contributed by atoms with Gasteiger partial charge in [-0.15, -0.1) is 0 Å². The fraction of sp³-hybridized carbons (Fsp3) is 0. The summed E-state index contributed by atoms with van der Waals surface area (Å²) in [7, 11) is 0. The van der Waals surface area contributed by atoms with Crippen LogP contribution < -0.4 is 0 Å². The van der Waals surface area contributed by atoms with Crippen LogP contribution in [0.1, 0.15) is 0 Å². The zero-order valence-electron chi connectivity index (χ0n) is 26.1. The second-order valence-corrected chi connectivity index (χ2v) is 13.0. The maximum atomic E-state index is 2.52. The molecule has 11 aromatic rings. The molecule has 0 bridgehead atoms. The van der Waals surface area contributed by atoms with Crippen LogP contribution in [0.3, 0.4) is 0 Å².